The van der Waals surface area contributed by atoms with Gasteiger partial charge in [0.2, 0.25) is 5.90 Å². The van der Waals surface area contributed by atoms with Crippen LogP contribution >= 0.6 is 0 Å². The lowest BCUT2D eigenvalue weighted by atomic mass is 10.1. The van der Waals surface area contributed by atoms with Crippen molar-refractivity contribution in [3.63, 3.8) is 0 Å². The number of rotatable bonds is 5. The molecule has 4 rings (SSSR count). The molecule has 10 nitrogen and oxygen atoms in total. The summed E-state index contributed by atoms with van der Waals surface area (Å²) in [6.45, 7) is 0. The molecule has 30 heavy (non-hydrogen) atoms. The van der Waals surface area contributed by atoms with Crippen LogP contribution in [-0.4, -0.2) is 21.7 Å². The van der Waals surface area contributed by atoms with Gasteiger partial charge in [0.1, 0.15) is 11.5 Å². The van der Waals surface area contributed by atoms with Gasteiger partial charge in [-0.25, -0.2) is 9.79 Å². The first kappa shape index (κ1) is 18.7. The Morgan fingerprint density at radius 2 is 1.50 bits per heavy atom. The van der Waals surface area contributed by atoms with Gasteiger partial charge in [-0.15, -0.1) is 0 Å². The van der Waals surface area contributed by atoms with Gasteiger partial charge in [-0.2, -0.15) is 0 Å². The highest BCUT2D eigenvalue weighted by molar-refractivity contribution is 6.12. The number of benzene rings is 2. The molecular formula is C20H11N3O7. The van der Waals surface area contributed by atoms with Crippen molar-refractivity contribution in [2.45, 2.75) is 0 Å². The molecule has 1 aromatic heterocycles. The average molecular weight is 405 g/mol. The number of hydrogen-bond acceptors (Lipinski definition) is 8. The zero-order valence-corrected chi connectivity index (χ0v) is 15.1. The van der Waals surface area contributed by atoms with E-state index < -0.39 is 15.8 Å². The third-order valence-corrected chi connectivity index (χ3v) is 4.17. The van der Waals surface area contributed by atoms with Crippen LogP contribution in [0.15, 0.2) is 75.8 Å². The second-order valence-corrected chi connectivity index (χ2v) is 6.15. The molecule has 0 atom stereocenters. The molecule has 0 radical (unpaired) electrons. The SMILES string of the molecule is O=C1OC(c2cccc([N+](=O)[O-])c2)=N/C1=C\c1ccc(-c2cccc([N+](=O)[O-])c2)o1. The predicted molar refractivity (Wildman–Crippen MR) is 105 cm³/mol. The molecule has 3 aromatic rings. The highest BCUT2D eigenvalue weighted by Crippen LogP contribution is 2.28. The van der Waals surface area contributed by atoms with E-state index in [0.717, 1.165) is 0 Å². The molecule has 2 heterocycles. The molecule has 0 bridgehead atoms. The molecule has 148 valence electrons. The highest BCUT2D eigenvalue weighted by atomic mass is 16.6. The first-order valence-electron chi connectivity index (χ1n) is 8.53. The van der Waals surface area contributed by atoms with E-state index >= 15 is 0 Å². The normalized spacial score (nSPS) is 14.5. The lowest BCUT2D eigenvalue weighted by Crippen LogP contribution is -2.05. The van der Waals surface area contributed by atoms with Gasteiger partial charge in [0.15, 0.2) is 5.70 Å². The number of ether oxygens (including phenoxy) is 1. The molecule has 2 aromatic carbocycles. The number of cyclic esters (lactones) is 1. The van der Waals surface area contributed by atoms with Crippen molar-refractivity contribution in [3.8, 4) is 11.3 Å². The van der Waals surface area contributed by atoms with Gasteiger partial charge in [0.05, 0.1) is 9.85 Å². The van der Waals surface area contributed by atoms with Crippen molar-refractivity contribution in [2.24, 2.45) is 4.99 Å². The lowest BCUT2D eigenvalue weighted by Gasteiger charge is -1.98. The van der Waals surface area contributed by atoms with Crippen LogP contribution in [0.25, 0.3) is 17.4 Å². The Labute approximate surface area is 168 Å². The van der Waals surface area contributed by atoms with E-state index in [1.165, 1.54) is 48.5 Å². The van der Waals surface area contributed by atoms with E-state index in [2.05, 4.69) is 4.99 Å². The fourth-order valence-corrected chi connectivity index (χ4v) is 2.78. The number of non-ortho nitro benzene ring substituents is 2. The standard InChI is InChI=1S/C20H11N3O7/c24-20-17(21-19(30-20)13-4-2-6-15(10-13)23(27)28)11-16-7-8-18(29-16)12-3-1-5-14(9-12)22(25)26/h1-11H/b17-11-. The van der Waals surface area contributed by atoms with E-state index in [4.69, 9.17) is 9.15 Å². The van der Waals surface area contributed by atoms with Crippen molar-refractivity contribution >= 4 is 29.3 Å². The molecule has 0 N–H and O–H groups in total. The van der Waals surface area contributed by atoms with Crippen molar-refractivity contribution < 1.29 is 23.8 Å². The van der Waals surface area contributed by atoms with E-state index in [-0.39, 0.29) is 34.3 Å². The number of esters is 1. The minimum atomic E-state index is -0.732. The summed E-state index contributed by atoms with van der Waals surface area (Å²) in [6, 6.07) is 14.7. The Morgan fingerprint density at radius 1 is 0.867 bits per heavy atom. The number of aliphatic imine (C=N–C) groups is 1. The van der Waals surface area contributed by atoms with Crippen molar-refractivity contribution in [3.05, 3.63) is 97.9 Å². The summed E-state index contributed by atoms with van der Waals surface area (Å²) >= 11 is 0. The Balaban J connectivity index is 1.62. The second kappa shape index (κ2) is 7.43. The molecule has 0 spiro atoms. The summed E-state index contributed by atoms with van der Waals surface area (Å²) < 4.78 is 10.7. The van der Waals surface area contributed by atoms with E-state index in [0.29, 0.717) is 11.3 Å². The number of furan rings is 1. The maximum Gasteiger partial charge on any atom is 0.363 e. The van der Waals surface area contributed by atoms with Crippen LogP contribution in [0, 0.1) is 20.2 Å². The minimum absolute atomic E-state index is 0.0450. The third-order valence-electron chi connectivity index (χ3n) is 4.17. The maximum atomic E-state index is 12.1. The molecule has 1 aliphatic heterocycles. The van der Waals surface area contributed by atoms with Gasteiger partial charge in [-0.05, 0) is 18.2 Å². The molecule has 1 aliphatic rings. The van der Waals surface area contributed by atoms with E-state index in [1.54, 1.807) is 18.2 Å². The van der Waals surface area contributed by atoms with Gasteiger partial charge in [-0.1, -0.05) is 18.2 Å². The fourth-order valence-electron chi connectivity index (χ4n) is 2.78. The number of nitro groups is 2. The molecule has 0 unspecified atom stereocenters. The number of carbonyl (C=O) groups excluding carboxylic acids is 1. The predicted octanol–water partition coefficient (Wildman–Crippen LogP) is 4.11. The molecule has 10 heteroatoms. The summed E-state index contributed by atoms with van der Waals surface area (Å²) in [7, 11) is 0. The van der Waals surface area contributed by atoms with Crippen LogP contribution in [0.1, 0.15) is 11.3 Å². The Hall–Kier alpha value is -4.60. The molecular weight excluding hydrogens is 394 g/mol. The zero-order valence-electron chi connectivity index (χ0n) is 15.1. The maximum absolute atomic E-state index is 12.1. The van der Waals surface area contributed by atoms with Crippen LogP contribution in [0.2, 0.25) is 0 Å². The Kier molecular flexibility index (Phi) is 4.64. The highest BCUT2D eigenvalue weighted by Gasteiger charge is 2.25. The van der Waals surface area contributed by atoms with Crippen molar-refractivity contribution in [1.29, 1.82) is 0 Å². The molecule has 0 aliphatic carbocycles. The Morgan fingerprint density at radius 3 is 2.17 bits per heavy atom. The first-order valence-corrected chi connectivity index (χ1v) is 8.53. The summed E-state index contributed by atoms with van der Waals surface area (Å²) in [5.74, 6) is -0.127. The van der Waals surface area contributed by atoms with Gasteiger partial charge in [0.25, 0.3) is 11.4 Å². The topological polar surface area (TPSA) is 138 Å². The number of nitrogens with zero attached hydrogens (tertiary/aromatic N) is 3. The van der Waals surface area contributed by atoms with E-state index in [9.17, 15) is 25.0 Å². The monoisotopic (exact) mass is 405 g/mol. The van der Waals surface area contributed by atoms with Crippen molar-refractivity contribution in [1.82, 2.24) is 0 Å². The number of nitro benzene ring substituents is 2. The first-order chi connectivity index (χ1) is 14.4. The van der Waals surface area contributed by atoms with Gasteiger partial charge >= 0.3 is 5.97 Å². The summed E-state index contributed by atoms with van der Waals surface area (Å²) in [5, 5.41) is 21.8. The summed E-state index contributed by atoms with van der Waals surface area (Å²) in [4.78, 5) is 37.0. The second-order valence-electron chi connectivity index (χ2n) is 6.15. The smallest absolute Gasteiger partial charge is 0.363 e. The fraction of sp³-hybridized carbons (Fsp3) is 0. The molecule has 0 amide bonds. The summed E-state index contributed by atoms with van der Waals surface area (Å²) in [5.41, 5.74) is 0.517. The number of carbonyl (C=O) groups is 1. The molecule has 0 saturated heterocycles. The summed E-state index contributed by atoms with van der Waals surface area (Å²) in [6.07, 6.45) is 1.35. The minimum Gasteiger partial charge on any atom is -0.457 e. The quantitative estimate of drug-likeness (QED) is 0.269. The largest absolute Gasteiger partial charge is 0.457 e. The van der Waals surface area contributed by atoms with Gasteiger partial charge in [0, 0.05) is 41.5 Å². The molecule has 0 saturated carbocycles. The third kappa shape index (κ3) is 3.69. The van der Waals surface area contributed by atoms with Crippen molar-refractivity contribution in [2.75, 3.05) is 0 Å². The zero-order chi connectivity index (χ0) is 21.3. The van der Waals surface area contributed by atoms with Crippen LogP contribution < -0.4 is 0 Å². The van der Waals surface area contributed by atoms with Crippen LogP contribution in [0.4, 0.5) is 11.4 Å². The average Bonchev–Trinajstić information content (AvgIpc) is 3.35. The van der Waals surface area contributed by atoms with Gasteiger partial charge in [-0.3, -0.25) is 20.2 Å². The van der Waals surface area contributed by atoms with Crippen LogP contribution in [0.5, 0.6) is 0 Å². The van der Waals surface area contributed by atoms with Crippen LogP contribution in [0.3, 0.4) is 0 Å². The Bertz CT molecular complexity index is 1260. The lowest BCUT2D eigenvalue weighted by molar-refractivity contribution is -0.385. The van der Waals surface area contributed by atoms with Gasteiger partial charge < -0.3 is 9.15 Å². The van der Waals surface area contributed by atoms with Crippen LogP contribution in [-0.2, 0) is 9.53 Å². The number of hydrogen-bond donors (Lipinski definition) is 0. The molecule has 0 fully saturated rings. The van der Waals surface area contributed by atoms with E-state index in [1.807, 2.05) is 0 Å².